The fraction of sp³-hybridized carbons (Fsp3) is 0.872. The van der Waals surface area contributed by atoms with Crippen LogP contribution in [0.3, 0.4) is 0 Å². The van der Waals surface area contributed by atoms with E-state index in [0.717, 1.165) is 38.7 Å². The van der Waals surface area contributed by atoms with Crippen LogP contribution in [0.15, 0.2) is 0 Å². The predicted molar refractivity (Wildman–Crippen MR) is 264 cm³/mol. The lowest BCUT2D eigenvalue weighted by molar-refractivity contribution is -0.126. The number of amides is 4. The molecule has 0 radical (unpaired) electrons. The maximum Gasteiger partial charge on any atom is 0.233 e. The summed E-state index contributed by atoms with van der Waals surface area (Å²) >= 11 is 2.79. The monoisotopic (exact) mass is 939 g/mol. The minimum Gasteiger partial charge on any atom is -0.380 e. The molecule has 4 N–H and O–H groups in total. The van der Waals surface area contributed by atoms with Crippen LogP contribution in [0.1, 0.15) is 141 Å². The van der Waals surface area contributed by atoms with E-state index in [1.807, 2.05) is 41.5 Å². The summed E-state index contributed by atoms with van der Waals surface area (Å²) in [5.41, 5.74) is 0. The highest BCUT2D eigenvalue weighted by Gasteiger charge is 2.23. The lowest BCUT2D eigenvalue weighted by atomic mass is 10.1. The van der Waals surface area contributed by atoms with Crippen molar-refractivity contribution in [3.05, 3.63) is 0 Å². The highest BCUT2D eigenvalue weighted by atomic mass is 32.2. The number of unbranched alkanes of at least 4 members (excludes halogenated alkanes) is 2. The van der Waals surface area contributed by atoms with Gasteiger partial charge in [0.25, 0.3) is 0 Å². The van der Waals surface area contributed by atoms with Crippen LogP contribution < -0.4 is 21.3 Å². The summed E-state index contributed by atoms with van der Waals surface area (Å²) < 4.78 is 21.6. The molecule has 3 atom stereocenters. The molecule has 0 aromatic heterocycles. The SMILES string of the molecule is CC.CCC(=O)CSC(CC)C(=O)NCCOCC(C)C.CCC(C)COCCNC=O.CCCCCOCCNC(=O)C(CC(=O)NCCOCC(C)C)SCCC(=O)C(C)C. The molecule has 0 bridgehead atoms. The van der Waals surface area contributed by atoms with Gasteiger partial charge in [0.1, 0.15) is 11.6 Å². The quantitative estimate of drug-likeness (QED) is 0.0358. The van der Waals surface area contributed by atoms with E-state index >= 15 is 0 Å². The van der Waals surface area contributed by atoms with E-state index in [9.17, 15) is 28.8 Å². The fourth-order valence-electron chi connectivity index (χ4n) is 4.50. The van der Waals surface area contributed by atoms with Gasteiger partial charge in [-0.3, -0.25) is 28.8 Å². The van der Waals surface area contributed by atoms with Crippen molar-refractivity contribution < 1.29 is 47.7 Å². The zero-order chi connectivity index (χ0) is 48.7. The second-order valence-corrected chi connectivity index (χ2v) is 18.4. The van der Waals surface area contributed by atoms with Crippen LogP contribution in [0.4, 0.5) is 0 Å². The molecule has 0 saturated heterocycles. The summed E-state index contributed by atoms with van der Waals surface area (Å²) in [6, 6.07) is 0. The highest BCUT2D eigenvalue weighted by molar-refractivity contribution is 8.01. The largest absolute Gasteiger partial charge is 0.380 e. The predicted octanol–water partition coefficient (Wildman–Crippen LogP) is 7.29. The van der Waals surface area contributed by atoms with Gasteiger partial charge in [0.2, 0.25) is 24.1 Å². The molecule has 0 saturated carbocycles. The number of thioether (sulfide) groups is 2. The maximum atomic E-state index is 12.6. The van der Waals surface area contributed by atoms with Crippen LogP contribution >= 0.6 is 23.5 Å². The van der Waals surface area contributed by atoms with Crippen molar-refractivity contribution in [2.24, 2.45) is 23.7 Å². The summed E-state index contributed by atoms with van der Waals surface area (Å²) in [6.07, 6.45) is 6.88. The van der Waals surface area contributed by atoms with Gasteiger partial charge in [-0.05, 0) is 30.6 Å². The van der Waals surface area contributed by atoms with E-state index in [1.54, 1.807) is 0 Å². The normalized spacial score (nSPS) is 12.1. The van der Waals surface area contributed by atoms with E-state index in [-0.39, 0.29) is 46.9 Å². The molecule has 14 nitrogen and oxygen atoms in total. The highest BCUT2D eigenvalue weighted by Crippen LogP contribution is 2.18. The van der Waals surface area contributed by atoms with E-state index in [0.29, 0.717) is 121 Å². The lowest BCUT2D eigenvalue weighted by Gasteiger charge is -2.17. The molecular formula is C47H94N4O10S2. The van der Waals surface area contributed by atoms with E-state index < -0.39 is 5.25 Å². The van der Waals surface area contributed by atoms with Crippen molar-refractivity contribution in [3.8, 4) is 0 Å². The number of ketones is 2. The zero-order valence-corrected chi connectivity index (χ0v) is 43.6. The Labute approximate surface area is 392 Å². The third kappa shape index (κ3) is 50.6. The second-order valence-electron chi connectivity index (χ2n) is 15.9. The molecule has 0 fully saturated rings. The van der Waals surface area contributed by atoms with Gasteiger partial charge in [-0.2, -0.15) is 0 Å². The number of hydrogen-bond acceptors (Lipinski definition) is 12. The molecule has 0 aromatic rings. The summed E-state index contributed by atoms with van der Waals surface area (Å²) in [5.74, 6) is 2.48. The first-order chi connectivity index (χ1) is 30.1. The lowest BCUT2D eigenvalue weighted by Crippen LogP contribution is -2.39. The van der Waals surface area contributed by atoms with Gasteiger partial charge in [0.15, 0.2) is 0 Å². The maximum absolute atomic E-state index is 12.6. The molecule has 0 rings (SSSR count). The number of carbonyl (C=O) groups is 6. The summed E-state index contributed by atoms with van der Waals surface area (Å²) in [6.45, 7) is 33.2. The summed E-state index contributed by atoms with van der Waals surface area (Å²) in [5, 5.41) is 10.4. The van der Waals surface area contributed by atoms with Crippen molar-refractivity contribution in [1.29, 1.82) is 0 Å². The standard InChI is InChI=1S/C23H44N2O5S.C14H27NO3S.C8H17NO2.C2H6/c1-6-7-8-12-29-13-11-25-23(28)21(31-15-9-20(26)19(4)5)16-22(27)24-10-14-30-17-18(2)3;1-5-12(16)10-19-13(6-2)14(17)15-7-8-18-9-11(3)4;1-3-8(2)6-11-5-4-9-7-10;1-2/h18-19,21H,6-17H2,1-5H3,(H,24,27)(H,25,28);11,13H,5-10H2,1-4H3,(H,15,17);7-8H,3-6H2,1-2H3,(H,9,10);1-2H3. The Bertz CT molecular complexity index is 1100. The third-order valence-electron chi connectivity index (χ3n) is 8.51. The van der Waals surface area contributed by atoms with Crippen LogP contribution in [0.2, 0.25) is 0 Å². The Morgan fingerprint density at radius 1 is 0.603 bits per heavy atom. The Hall–Kier alpha value is -2.24. The number of nitrogens with one attached hydrogen (secondary N) is 4. The van der Waals surface area contributed by atoms with Gasteiger partial charge in [0.05, 0.1) is 42.7 Å². The van der Waals surface area contributed by atoms with Crippen molar-refractivity contribution >= 4 is 59.2 Å². The molecule has 16 heteroatoms. The smallest absolute Gasteiger partial charge is 0.233 e. The Balaban J connectivity index is -0.000000459. The summed E-state index contributed by atoms with van der Waals surface area (Å²) in [4.78, 5) is 69.7. The average Bonchev–Trinajstić information content (AvgIpc) is 3.26. The van der Waals surface area contributed by atoms with Gasteiger partial charge in [-0.1, -0.05) is 109 Å². The number of rotatable bonds is 38. The molecular weight excluding hydrogens is 845 g/mol. The first-order valence-electron chi connectivity index (χ1n) is 23.7. The van der Waals surface area contributed by atoms with Gasteiger partial charge < -0.3 is 40.2 Å². The molecule has 4 amide bonds. The van der Waals surface area contributed by atoms with Crippen molar-refractivity contribution in [2.75, 3.05) is 90.5 Å². The molecule has 0 aromatic carbocycles. The number of ether oxygens (including phenoxy) is 4. The molecule has 63 heavy (non-hydrogen) atoms. The number of carbonyl (C=O) groups excluding carboxylic acids is 6. The molecule has 0 aliphatic carbocycles. The van der Waals surface area contributed by atoms with Gasteiger partial charge in [-0.15, -0.1) is 23.5 Å². The topological polar surface area (TPSA) is 187 Å². The van der Waals surface area contributed by atoms with Crippen LogP contribution in [0, 0.1) is 23.7 Å². The first-order valence-corrected chi connectivity index (χ1v) is 25.8. The minimum absolute atomic E-state index is 0.00421. The Morgan fingerprint density at radius 2 is 1.13 bits per heavy atom. The van der Waals surface area contributed by atoms with Crippen molar-refractivity contribution in [1.82, 2.24) is 21.3 Å². The fourth-order valence-corrected chi connectivity index (χ4v) is 6.67. The van der Waals surface area contributed by atoms with Crippen LogP contribution in [-0.2, 0) is 47.7 Å². The number of hydrogen-bond donors (Lipinski definition) is 4. The molecule has 3 unspecified atom stereocenters. The number of Topliss-reactive ketones (excluding diaryl/α,β-unsaturated/α-hetero) is 2. The van der Waals surface area contributed by atoms with Crippen LogP contribution in [0.25, 0.3) is 0 Å². The van der Waals surface area contributed by atoms with Gasteiger partial charge in [0, 0.05) is 83.5 Å². The second kappa shape index (κ2) is 50.8. The first kappa shape index (κ1) is 67.4. The van der Waals surface area contributed by atoms with Gasteiger partial charge in [-0.25, -0.2) is 0 Å². The average molecular weight is 939 g/mol. The summed E-state index contributed by atoms with van der Waals surface area (Å²) in [7, 11) is 0. The molecule has 0 aliphatic rings. The molecule has 374 valence electrons. The Kier molecular flexibility index (Phi) is 54.3. The van der Waals surface area contributed by atoms with Crippen molar-refractivity contribution in [3.63, 3.8) is 0 Å². The molecule has 0 spiro atoms. The van der Waals surface area contributed by atoms with E-state index in [2.05, 4.69) is 69.7 Å². The van der Waals surface area contributed by atoms with Gasteiger partial charge >= 0.3 is 0 Å². The Morgan fingerprint density at radius 3 is 1.62 bits per heavy atom. The minimum atomic E-state index is -0.531. The third-order valence-corrected chi connectivity index (χ3v) is 11.2. The van der Waals surface area contributed by atoms with E-state index in [1.165, 1.54) is 23.5 Å². The van der Waals surface area contributed by atoms with Crippen LogP contribution in [0.5, 0.6) is 0 Å². The van der Waals surface area contributed by atoms with E-state index in [4.69, 9.17) is 18.9 Å². The van der Waals surface area contributed by atoms with Crippen molar-refractivity contribution in [2.45, 2.75) is 152 Å². The van der Waals surface area contributed by atoms with Crippen LogP contribution in [-0.4, -0.2) is 137 Å². The molecule has 0 aliphatic heterocycles. The molecule has 0 heterocycles. The zero-order valence-electron chi connectivity index (χ0n) is 42.0.